The summed E-state index contributed by atoms with van der Waals surface area (Å²) in [6.45, 7) is 4.87. The lowest BCUT2D eigenvalue weighted by Gasteiger charge is -2.30. The number of rotatable bonds is 8. The van der Waals surface area contributed by atoms with Crippen molar-refractivity contribution in [3.63, 3.8) is 0 Å². The Bertz CT molecular complexity index is 997. The minimum atomic E-state index is -3.06. The van der Waals surface area contributed by atoms with Crippen LogP contribution in [0.5, 0.6) is 5.75 Å². The fourth-order valence-electron chi connectivity index (χ4n) is 3.59. The van der Waals surface area contributed by atoms with E-state index in [0.717, 1.165) is 11.1 Å². The average molecular weight is 472 g/mol. The van der Waals surface area contributed by atoms with E-state index in [0.29, 0.717) is 28.8 Å². The zero-order valence-corrected chi connectivity index (χ0v) is 19.5. The number of sulfone groups is 1. The van der Waals surface area contributed by atoms with Crippen molar-refractivity contribution in [2.24, 2.45) is 0 Å². The number of hydrogen-bond acceptors (Lipinski definition) is 5. The van der Waals surface area contributed by atoms with Gasteiger partial charge in [-0.05, 0) is 61.2 Å². The van der Waals surface area contributed by atoms with Gasteiger partial charge in [-0.2, -0.15) is 0 Å². The number of ether oxygens (including phenoxy) is 1. The first-order valence-corrected chi connectivity index (χ1v) is 12.5. The van der Waals surface area contributed by atoms with Crippen LogP contribution in [0.25, 0.3) is 0 Å². The van der Waals surface area contributed by atoms with Gasteiger partial charge in [0, 0.05) is 29.2 Å². The molecule has 2 atom stereocenters. The molecule has 0 bridgehead atoms. The zero-order valence-electron chi connectivity index (χ0n) is 17.1. The third-order valence-corrected chi connectivity index (χ3v) is 7.82. The summed E-state index contributed by atoms with van der Waals surface area (Å²) < 4.78 is 29.8. The maximum Gasteiger partial charge on any atom is 0.151 e. The highest BCUT2D eigenvalue weighted by molar-refractivity contribution is 7.91. The Morgan fingerprint density at radius 3 is 2.57 bits per heavy atom. The van der Waals surface area contributed by atoms with Crippen LogP contribution in [0, 0.1) is 13.8 Å². The second-order valence-electron chi connectivity index (χ2n) is 7.93. The molecule has 1 heterocycles. The van der Waals surface area contributed by atoms with Gasteiger partial charge >= 0.3 is 0 Å². The fourth-order valence-corrected chi connectivity index (χ4v) is 5.82. The quantitative estimate of drug-likeness (QED) is 0.628. The molecule has 0 spiro atoms. The lowest BCUT2D eigenvalue weighted by Crippen LogP contribution is -2.42. The SMILES string of the molecule is Cc1ccc(OCC(O)CN(Cc2ccc(Cl)cc2Cl)C2CCS(=O)(=O)C2)cc1C. The summed E-state index contributed by atoms with van der Waals surface area (Å²) in [6, 6.07) is 10.9. The summed E-state index contributed by atoms with van der Waals surface area (Å²) in [5.74, 6) is 0.952. The number of nitrogens with zero attached hydrogens (tertiary/aromatic N) is 1. The number of aliphatic hydroxyl groups excluding tert-OH is 1. The third kappa shape index (κ3) is 6.34. The van der Waals surface area contributed by atoms with Crippen molar-refractivity contribution in [1.82, 2.24) is 4.90 Å². The molecule has 164 valence electrons. The Labute approximate surface area is 188 Å². The van der Waals surface area contributed by atoms with Crippen molar-refractivity contribution < 1.29 is 18.3 Å². The summed E-state index contributed by atoms with van der Waals surface area (Å²) in [5, 5.41) is 11.7. The van der Waals surface area contributed by atoms with E-state index >= 15 is 0 Å². The van der Waals surface area contributed by atoms with Crippen molar-refractivity contribution >= 4 is 33.0 Å². The third-order valence-electron chi connectivity index (χ3n) is 5.48. The first-order chi connectivity index (χ1) is 14.1. The number of halogens is 2. The highest BCUT2D eigenvalue weighted by Gasteiger charge is 2.33. The minimum Gasteiger partial charge on any atom is -0.491 e. The molecule has 1 N–H and O–H groups in total. The van der Waals surface area contributed by atoms with Gasteiger partial charge in [-0.3, -0.25) is 4.90 Å². The summed E-state index contributed by atoms with van der Waals surface area (Å²) in [6.07, 6.45) is -0.237. The van der Waals surface area contributed by atoms with E-state index in [1.807, 2.05) is 43.0 Å². The van der Waals surface area contributed by atoms with Crippen molar-refractivity contribution in [3.8, 4) is 5.75 Å². The van der Waals surface area contributed by atoms with E-state index in [1.54, 1.807) is 12.1 Å². The Hall–Kier alpha value is -1.31. The molecule has 2 aromatic rings. The van der Waals surface area contributed by atoms with E-state index < -0.39 is 15.9 Å². The Morgan fingerprint density at radius 2 is 1.93 bits per heavy atom. The average Bonchev–Trinajstić information content (AvgIpc) is 3.04. The molecule has 30 heavy (non-hydrogen) atoms. The molecule has 0 amide bonds. The van der Waals surface area contributed by atoms with Gasteiger partial charge in [0.25, 0.3) is 0 Å². The van der Waals surface area contributed by atoms with Crippen LogP contribution in [-0.2, 0) is 16.4 Å². The lowest BCUT2D eigenvalue weighted by molar-refractivity contribution is 0.0524. The molecule has 3 rings (SSSR count). The zero-order chi connectivity index (χ0) is 21.9. The van der Waals surface area contributed by atoms with Crippen molar-refractivity contribution in [1.29, 1.82) is 0 Å². The predicted octanol–water partition coefficient (Wildman–Crippen LogP) is 4.04. The smallest absolute Gasteiger partial charge is 0.151 e. The van der Waals surface area contributed by atoms with Gasteiger partial charge in [0.1, 0.15) is 18.5 Å². The largest absolute Gasteiger partial charge is 0.491 e. The monoisotopic (exact) mass is 471 g/mol. The Morgan fingerprint density at radius 1 is 1.17 bits per heavy atom. The molecule has 1 aliphatic heterocycles. The molecule has 0 saturated carbocycles. The van der Waals surface area contributed by atoms with E-state index in [2.05, 4.69) is 0 Å². The van der Waals surface area contributed by atoms with E-state index in [9.17, 15) is 13.5 Å². The van der Waals surface area contributed by atoms with Crippen LogP contribution < -0.4 is 4.74 Å². The first-order valence-electron chi connectivity index (χ1n) is 9.89. The number of hydrogen-bond donors (Lipinski definition) is 1. The Balaban J connectivity index is 1.68. The molecule has 1 saturated heterocycles. The van der Waals surface area contributed by atoms with Crippen LogP contribution in [0.1, 0.15) is 23.1 Å². The van der Waals surface area contributed by atoms with Gasteiger partial charge in [0.15, 0.2) is 9.84 Å². The summed E-state index contributed by atoms with van der Waals surface area (Å²) >= 11 is 12.3. The van der Waals surface area contributed by atoms with Gasteiger partial charge in [0.05, 0.1) is 11.5 Å². The molecule has 1 fully saturated rings. The highest BCUT2D eigenvalue weighted by atomic mass is 35.5. The topological polar surface area (TPSA) is 66.8 Å². The maximum absolute atomic E-state index is 12.0. The van der Waals surface area contributed by atoms with Crippen molar-refractivity contribution in [3.05, 3.63) is 63.1 Å². The predicted molar refractivity (Wildman–Crippen MR) is 121 cm³/mol. The van der Waals surface area contributed by atoms with Gasteiger partial charge in [-0.25, -0.2) is 8.42 Å². The van der Waals surface area contributed by atoms with Crippen LogP contribution in [0.2, 0.25) is 10.0 Å². The van der Waals surface area contributed by atoms with Crippen LogP contribution in [0.15, 0.2) is 36.4 Å². The molecule has 0 radical (unpaired) electrons. The number of aliphatic hydroxyl groups is 1. The van der Waals surface area contributed by atoms with E-state index in [1.165, 1.54) is 5.56 Å². The second-order valence-corrected chi connectivity index (χ2v) is 11.0. The Kier molecular flexibility index (Phi) is 7.69. The van der Waals surface area contributed by atoms with Gasteiger partial charge in [0.2, 0.25) is 0 Å². The van der Waals surface area contributed by atoms with E-state index in [-0.39, 0.29) is 30.7 Å². The van der Waals surface area contributed by atoms with Gasteiger partial charge in [-0.15, -0.1) is 0 Å². The summed E-state index contributed by atoms with van der Waals surface area (Å²) in [7, 11) is -3.06. The normalized spacial score (nSPS) is 19.2. The molecule has 1 aliphatic rings. The molecule has 2 unspecified atom stereocenters. The second kappa shape index (κ2) is 9.88. The minimum absolute atomic E-state index is 0.0863. The van der Waals surface area contributed by atoms with Crippen LogP contribution in [-0.4, -0.2) is 55.2 Å². The van der Waals surface area contributed by atoms with Gasteiger partial charge in [-0.1, -0.05) is 35.3 Å². The van der Waals surface area contributed by atoms with Gasteiger partial charge < -0.3 is 9.84 Å². The summed E-state index contributed by atoms with van der Waals surface area (Å²) in [5.41, 5.74) is 3.14. The maximum atomic E-state index is 12.0. The summed E-state index contributed by atoms with van der Waals surface area (Å²) in [4.78, 5) is 1.98. The van der Waals surface area contributed by atoms with Crippen LogP contribution in [0.3, 0.4) is 0 Å². The molecule has 8 heteroatoms. The molecule has 0 aliphatic carbocycles. The standard InChI is InChI=1S/C22H27Cl2NO4S/c1-15-3-6-21(9-16(15)2)29-13-20(26)12-25(19-7-8-30(27,28)14-19)11-17-4-5-18(23)10-22(17)24/h3-6,9-10,19-20,26H,7-8,11-14H2,1-2H3. The van der Waals surface area contributed by atoms with E-state index in [4.69, 9.17) is 27.9 Å². The molecule has 5 nitrogen and oxygen atoms in total. The lowest BCUT2D eigenvalue weighted by atomic mass is 10.1. The highest BCUT2D eigenvalue weighted by Crippen LogP contribution is 2.26. The number of benzene rings is 2. The molecular formula is C22H27Cl2NO4S. The fraction of sp³-hybridized carbons (Fsp3) is 0.455. The number of aryl methyl sites for hydroxylation is 2. The van der Waals surface area contributed by atoms with Crippen molar-refractivity contribution in [2.75, 3.05) is 24.7 Å². The molecular weight excluding hydrogens is 445 g/mol. The van der Waals surface area contributed by atoms with Crippen LogP contribution in [0.4, 0.5) is 0 Å². The molecule has 2 aromatic carbocycles. The van der Waals surface area contributed by atoms with Crippen molar-refractivity contribution in [2.45, 2.75) is 39.0 Å². The van der Waals surface area contributed by atoms with Crippen LogP contribution >= 0.6 is 23.2 Å². The first kappa shape index (κ1) is 23.4. The molecule has 0 aromatic heterocycles.